The molecule has 0 radical (unpaired) electrons. The lowest BCUT2D eigenvalue weighted by Gasteiger charge is -2.35. The maximum absolute atomic E-state index is 12.5. The number of benzene rings is 2. The van der Waals surface area contributed by atoms with Crippen LogP contribution in [0.4, 0.5) is 0 Å². The molecule has 0 aromatic heterocycles. The molecule has 1 heterocycles. The van der Waals surface area contributed by atoms with Gasteiger partial charge in [-0.3, -0.25) is 4.90 Å². The SMILES string of the molecule is O=S(=O)(NC[C@H](c1ccccc1)N1CCNCC1)c1ccccc1. The molecule has 1 fully saturated rings. The summed E-state index contributed by atoms with van der Waals surface area (Å²) in [5.41, 5.74) is 1.13. The fourth-order valence-electron chi connectivity index (χ4n) is 3.00. The molecule has 24 heavy (non-hydrogen) atoms. The Kier molecular flexibility index (Phi) is 5.63. The molecular formula is C18H23N3O2S. The summed E-state index contributed by atoms with van der Waals surface area (Å²) in [6, 6.07) is 18.6. The van der Waals surface area contributed by atoms with Gasteiger partial charge in [0.05, 0.1) is 4.90 Å². The van der Waals surface area contributed by atoms with Crippen molar-refractivity contribution >= 4 is 10.0 Å². The first kappa shape index (κ1) is 17.1. The molecular weight excluding hydrogens is 322 g/mol. The molecule has 2 N–H and O–H groups in total. The highest BCUT2D eigenvalue weighted by atomic mass is 32.2. The van der Waals surface area contributed by atoms with E-state index < -0.39 is 10.0 Å². The third-order valence-electron chi connectivity index (χ3n) is 4.30. The summed E-state index contributed by atoms with van der Waals surface area (Å²) >= 11 is 0. The fraction of sp³-hybridized carbons (Fsp3) is 0.333. The Bertz CT molecular complexity index is 729. The van der Waals surface area contributed by atoms with Crippen molar-refractivity contribution in [3.05, 3.63) is 66.2 Å². The van der Waals surface area contributed by atoms with E-state index >= 15 is 0 Å². The molecule has 0 spiro atoms. The molecule has 0 bridgehead atoms. The van der Waals surface area contributed by atoms with Gasteiger partial charge in [0.15, 0.2) is 0 Å². The van der Waals surface area contributed by atoms with Crippen LogP contribution in [0.3, 0.4) is 0 Å². The van der Waals surface area contributed by atoms with Crippen LogP contribution in [-0.4, -0.2) is 46.0 Å². The van der Waals surface area contributed by atoms with Crippen molar-refractivity contribution in [2.75, 3.05) is 32.7 Å². The van der Waals surface area contributed by atoms with Crippen LogP contribution < -0.4 is 10.0 Å². The molecule has 1 atom stereocenters. The largest absolute Gasteiger partial charge is 0.314 e. The van der Waals surface area contributed by atoms with Crippen LogP contribution in [0.25, 0.3) is 0 Å². The Balaban J connectivity index is 1.77. The molecule has 1 saturated heterocycles. The zero-order valence-corrected chi connectivity index (χ0v) is 14.4. The van der Waals surface area contributed by atoms with Crippen molar-refractivity contribution in [2.24, 2.45) is 0 Å². The molecule has 0 aliphatic carbocycles. The molecule has 5 nitrogen and oxygen atoms in total. The molecule has 3 rings (SSSR count). The Morgan fingerprint density at radius 2 is 1.54 bits per heavy atom. The number of nitrogens with one attached hydrogen (secondary N) is 2. The summed E-state index contributed by atoms with van der Waals surface area (Å²) in [6.07, 6.45) is 0. The first-order chi connectivity index (χ1) is 11.7. The van der Waals surface area contributed by atoms with E-state index in [1.165, 1.54) is 0 Å². The number of nitrogens with zero attached hydrogens (tertiary/aromatic N) is 1. The number of hydrogen-bond donors (Lipinski definition) is 2. The standard InChI is InChI=1S/C18H23N3O2S/c22-24(23,17-9-5-2-6-10-17)20-15-18(16-7-3-1-4-8-16)21-13-11-19-12-14-21/h1-10,18-20H,11-15H2/t18-/m1/s1. The van der Waals surface area contributed by atoms with Gasteiger partial charge in [-0.25, -0.2) is 13.1 Å². The van der Waals surface area contributed by atoms with Crippen molar-refractivity contribution in [3.8, 4) is 0 Å². The quantitative estimate of drug-likeness (QED) is 0.835. The van der Waals surface area contributed by atoms with E-state index in [2.05, 4.69) is 27.1 Å². The average Bonchev–Trinajstić information content (AvgIpc) is 2.64. The van der Waals surface area contributed by atoms with E-state index in [1.807, 2.05) is 24.3 Å². The lowest BCUT2D eigenvalue weighted by molar-refractivity contribution is 0.175. The predicted molar refractivity (Wildman–Crippen MR) is 95.3 cm³/mol. The molecule has 0 amide bonds. The van der Waals surface area contributed by atoms with Crippen LogP contribution in [0.15, 0.2) is 65.6 Å². The molecule has 1 aliphatic rings. The molecule has 0 unspecified atom stereocenters. The first-order valence-corrected chi connectivity index (χ1v) is 9.69. The van der Waals surface area contributed by atoms with Gasteiger partial charge in [-0.05, 0) is 17.7 Å². The summed E-state index contributed by atoms with van der Waals surface area (Å²) in [4.78, 5) is 2.64. The summed E-state index contributed by atoms with van der Waals surface area (Å²) in [5, 5.41) is 3.34. The summed E-state index contributed by atoms with van der Waals surface area (Å²) in [5.74, 6) is 0. The van der Waals surface area contributed by atoms with Crippen molar-refractivity contribution < 1.29 is 8.42 Å². The van der Waals surface area contributed by atoms with E-state index in [4.69, 9.17) is 0 Å². The van der Waals surface area contributed by atoms with Crippen molar-refractivity contribution in [2.45, 2.75) is 10.9 Å². The van der Waals surface area contributed by atoms with Crippen LogP contribution in [0.1, 0.15) is 11.6 Å². The van der Waals surface area contributed by atoms with E-state index in [0.29, 0.717) is 11.4 Å². The Labute approximate surface area is 143 Å². The minimum absolute atomic E-state index is 0.0341. The summed E-state index contributed by atoms with van der Waals surface area (Å²) in [6.45, 7) is 4.03. The lowest BCUT2D eigenvalue weighted by Crippen LogP contribution is -2.48. The van der Waals surface area contributed by atoms with Crippen LogP contribution in [-0.2, 0) is 10.0 Å². The normalized spacial score (nSPS) is 17.5. The van der Waals surface area contributed by atoms with Crippen molar-refractivity contribution in [3.63, 3.8) is 0 Å². The Morgan fingerprint density at radius 1 is 0.958 bits per heavy atom. The lowest BCUT2D eigenvalue weighted by atomic mass is 10.0. The number of rotatable bonds is 6. The second-order valence-electron chi connectivity index (χ2n) is 5.88. The van der Waals surface area contributed by atoms with Gasteiger partial charge in [-0.15, -0.1) is 0 Å². The minimum atomic E-state index is -3.49. The predicted octanol–water partition coefficient (Wildman–Crippen LogP) is 1.61. The monoisotopic (exact) mass is 345 g/mol. The maximum atomic E-state index is 12.5. The summed E-state index contributed by atoms with van der Waals surface area (Å²) in [7, 11) is -3.49. The van der Waals surface area contributed by atoms with E-state index in [-0.39, 0.29) is 6.04 Å². The van der Waals surface area contributed by atoms with Crippen molar-refractivity contribution in [1.82, 2.24) is 14.9 Å². The molecule has 0 saturated carbocycles. The zero-order valence-electron chi connectivity index (χ0n) is 13.6. The highest BCUT2D eigenvalue weighted by Crippen LogP contribution is 2.21. The van der Waals surface area contributed by atoms with Crippen LogP contribution in [0.2, 0.25) is 0 Å². The number of sulfonamides is 1. The molecule has 2 aromatic rings. The molecule has 1 aliphatic heterocycles. The van der Waals surface area contributed by atoms with Gasteiger partial charge in [-0.2, -0.15) is 0 Å². The average molecular weight is 345 g/mol. The third kappa shape index (κ3) is 4.21. The van der Waals surface area contributed by atoms with E-state index in [1.54, 1.807) is 24.3 Å². The second kappa shape index (κ2) is 7.90. The highest BCUT2D eigenvalue weighted by Gasteiger charge is 2.24. The van der Waals surface area contributed by atoms with Gasteiger partial charge in [0.1, 0.15) is 0 Å². The topological polar surface area (TPSA) is 61.4 Å². The number of hydrogen-bond acceptors (Lipinski definition) is 4. The van der Waals surface area contributed by atoms with Crippen LogP contribution >= 0.6 is 0 Å². The van der Waals surface area contributed by atoms with E-state index in [0.717, 1.165) is 31.7 Å². The van der Waals surface area contributed by atoms with E-state index in [9.17, 15) is 8.42 Å². The second-order valence-corrected chi connectivity index (χ2v) is 7.64. The van der Waals surface area contributed by atoms with Crippen LogP contribution in [0, 0.1) is 0 Å². The first-order valence-electron chi connectivity index (χ1n) is 8.21. The van der Waals surface area contributed by atoms with Crippen molar-refractivity contribution in [1.29, 1.82) is 0 Å². The highest BCUT2D eigenvalue weighted by molar-refractivity contribution is 7.89. The van der Waals surface area contributed by atoms with Gasteiger partial charge in [0, 0.05) is 38.8 Å². The van der Waals surface area contributed by atoms with Crippen LogP contribution in [0.5, 0.6) is 0 Å². The third-order valence-corrected chi connectivity index (χ3v) is 5.74. The van der Waals surface area contributed by atoms with Gasteiger partial charge in [0.2, 0.25) is 10.0 Å². The van der Waals surface area contributed by atoms with Gasteiger partial charge in [-0.1, -0.05) is 48.5 Å². The maximum Gasteiger partial charge on any atom is 0.240 e. The fourth-order valence-corrected chi connectivity index (χ4v) is 4.06. The number of piperazine rings is 1. The summed E-state index contributed by atoms with van der Waals surface area (Å²) < 4.78 is 27.8. The Hall–Kier alpha value is -1.73. The van der Waals surface area contributed by atoms with Gasteiger partial charge < -0.3 is 5.32 Å². The zero-order chi connectivity index (χ0) is 16.8. The molecule has 2 aromatic carbocycles. The smallest absolute Gasteiger partial charge is 0.240 e. The van der Waals surface area contributed by atoms with Gasteiger partial charge >= 0.3 is 0 Å². The molecule has 6 heteroatoms. The van der Waals surface area contributed by atoms with Gasteiger partial charge in [0.25, 0.3) is 0 Å². The molecule has 128 valence electrons. The minimum Gasteiger partial charge on any atom is -0.314 e. The Morgan fingerprint density at radius 3 is 2.17 bits per heavy atom.